The molecule has 108 valence electrons. The van der Waals surface area contributed by atoms with Crippen LogP contribution in [0.4, 0.5) is 13.2 Å². The first-order chi connectivity index (χ1) is 8.38. The second-order valence-electron chi connectivity index (χ2n) is 5.50. The number of halogens is 3. The summed E-state index contributed by atoms with van der Waals surface area (Å²) in [6, 6.07) is 0.358. The Hall–Kier alpha value is -0.290. The van der Waals surface area contributed by atoms with Gasteiger partial charge in [0.1, 0.15) is 6.61 Å². The van der Waals surface area contributed by atoms with E-state index in [9.17, 15) is 13.2 Å². The zero-order chi connectivity index (χ0) is 13.6. The maximum Gasteiger partial charge on any atom is 0.411 e. The highest BCUT2D eigenvalue weighted by Crippen LogP contribution is 2.31. The van der Waals surface area contributed by atoms with Gasteiger partial charge in [-0.1, -0.05) is 39.5 Å². The molecule has 1 N–H and O–H groups in total. The first kappa shape index (κ1) is 15.8. The van der Waals surface area contributed by atoms with Gasteiger partial charge in [0.2, 0.25) is 0 Å². The number of nitrogens with one attached hydrogen (secondary N) is 1. The Labute approximate surface area is 107 Å². The smallest absolute Gasteiger partial charge is 0.372 e. The van der Waals surface area contributed by atoms with E-state index in [0.29, 0.717) is 12.0 Å². The van der Waals surface area contributed by atoms with Crippen LogP contribution < -0.4 is 5.32 Å². The molecule has 0 bridgehead atoms. The summed E-state index contributed by atoms with van der Waals surface area (Å²) >= 11 is 0. The third-order valence-corrected chi connectivity index (χ3v) is 3.45. The lowest BCUT2D eigenvalue weighted by atomic mass is 9.91. The second-order valence-corrected chi connectivity index (χ2v) is 5.50. The van der Waals surface area contributed by atoms with E-state index in [1.165, 1.54) is 12.8 Å². The van der Waals surface area contributed by atoms with Crippen LogP contribution in [0.3, 0.4) is 0 Å². The van der Waals surface area contributed by atoms with E-state index < -0.39 is 12.8 Å². The summed E-state index contributed by atoms with van der Waals surface area (Å²) in [7, 11) is 0. The molecule has 1 rings (SSSR count). The fourth-order valence-corrected chi connectivity index (χ4v) is 2.50. The van der Waals surface area contributed by atoms with Gasteiger partial charge in [-0.3, -0.25) is 0 Å². The molecule has 0 amide bonds. The minimum absolute atomic E-state index is 0.206. The van der Waals surface area contributed by atoms with Crippen LogP contribution in [-0.4, -0.2) is 32.0 Å². The molecule has 0 heterocycles. The number of hydrogen-bond acceptors (Lipinski definition) is 2. The van der Waals surface area contributed by atoms with Crippen LogP contribution in [0, 0.1) is 11.8 Å². The highest BCUT2D eigenvalue weighted by Gasteiger charge is 2.30. The van der Waals surface area contributed by atoms with E-state index in [1.54, 1.807) is 0 Å². The molecule has 5 heteroatoms. The standard InChI is InChI=1S/C13H24F3NO/c1-10(2)17-7-12(11-5-3-4-6-11)8-18-9-13(14,15)16/h10-12,17H,3-9H2,1-2H3. The second kappa shape index (κ2) is 7.34. The molecule has 18 heavy (non-hydrogen) atoms. The monoisotopic (exact) mass is 267 g/mol. The van der Waals surface area contributed by atoms with Crippen LogP contribution in [0.5, 0.6) is 0 Å². The molecule has 1 aliphatic carbocycles. The van der Waals surface area contributed by atoms with Gasteiger partial charge in [0, 0.05) is 12.6 Å². The van der Waals surface area contributed by atoms with Crippen molar-refractivity contribution in [3.8, 4) is 0 Å². The first-order valence-corrected chi connectivity index (χ1v) is 6.76. The van der Waals surface area contributed by atoms with Gasteiger partial charge in [-0.05, 0) is 11.8 Å². The van der Waals surface area contributed by atoms with Crippen molar-refractivity contribution in [1.29, 1.82) is 0 Å². The number of rotatable bonds is 7. The van der Waals surface area contributed by atoms with Crippen molar-refractivity contribution in [2.24, 2.45) is 11.8 Å². The van der Waals surface area contributed by atoms with Crippen molar-refractivity contribution in [2.45, 2.75) is 51.7 Å². The molecule has 0 spiro atoms. The van der Waals surface area contributed by atoms with Crippen molar-refractivity contribution in [3.63, 3.8) is 0 Å². The lowest BCUT2D eigenvalue weighted by Gasteiger charge is -2.25. The van der Waals surface area contributed by atoms with Gasteiger partial charge >= 0.3 is 6.18 Å². The van der Waals surface area contributed by atoms with Crippen molar-refractivity contribution in [1.82, 2.24) is 5.32 Å². The van der Waals surface area contributed by atoms with E-state index in [0.717, 1.165) is 19.4 Å². The Kier molecular flexibility index (Phi) is 6.43. The van der Waals surface area contributed by atoms with Crippen LogP contribution in [0.15, 0.2) is 0 Å². The van der Waals surface area contributed by atoms with Crippen LogP contribution in [-0.2, 0) is 4.74 Å². The number of alkyl halides is 3. The first-order valence-electron chi connectivity index (χ1n) is 6.76. The average molecular weight is 267 g/mol. The predicted octanol–water partition coefficient (Wildman–Crippen LogP) is 3.37. The Morgan fingerprint density at radius 1 is 1.22 bits per heavy atom. The Morgan fingerprint density at radius 3 is 2.33 bits per heavy atom. The molecule has 0 aromatic heterocycles. The largest absolute Gasteiger partial charge is 0.411 e. The van der Waals surface area contributed by atoms with Gasteiger partial charge in [0.05, 0.1) is 6.61 Å². The number of hydrogen-bond donors (Lipinski definition) is 1. The molecule has 0 aromatic carbocycles. The zero-order valence-electron chi connectivity index (χ0n) is 11.2. The van der Waals surface area contributed by atoms with Crippen molar-refractivity contribution >= 4 is 0 Å². The molecule has 1 atom stereocenters. The topological polar surface area (TPSA) is 21.3 Å². The predicted molar refractivity (Wildman–Crippen MR) is 65.5 cm³/mol. The van der Waals surface area contributed by atoms with Crippen LogP contribution >= 0.6 is 0 Å². The van der Waals surface area contributed by atoms with Gasteiger partial charge < -0.3 is 10.1 Å². The van der Waals surface area contributed by atoms with Crippen molar-refractivity contribution < 1.29 is 17.9 Å². The molecule has 1 aliphatic rings. The quantitative estimate of drug-likeness (QED) is 0.763. The van der Waals surface area contributed by atoms with Gasteiger partial charge in [-0.25, -0.2) is 0 Å². The van der Waals surface area contributed by atoms with Crippen LogP contribution in [0.25, 0.3) is 0 Å². The summed E-state index contributed by atoms with van der Waals surface area (Å²) in [6.07, 6.45) is 0.426. The summed E-state index contributed by atoms with van der Waals surface area (Å²) in [5.74, 6) is 0.724. The minimum Gasteiger partial charge on any atom is -0.372 e. The summed E-state index contributed by atoms with van der Waals surface area (Å²) in [5, 5.41) is 3.31. The third-order valence-electron chi connectivity index (χ3n) is 3.45. The molecular weight excluding hydrogens is 243 g/mol. The van der Waals surface area contributed by atoms with E-state index in [2.05, 4.69) is 5.32 Å². The van der Waals surface area contributed by atoms with Crippen molar-refractivity contribution in [3.05, 3.63) is 0 Å². The lowest BCUT2D eigenvalue weighted by molar-refractivity contribution is -0.177. The normalized spacial score (nSPS) is 19.7. The minimum atomic E-state index is -4.22. The molecule has 0 aromatic rings. The molecule has 0 aliphatic heterocycles. The Morgan fingerprint density at radius 2 is 1.83 bits per heavy atom. The molecule has 1 saturated carbocycles. The molecule has 2 nitrogen and oxygen atoms in total. The summed E-state index contributed by atoms with van der Waals surface area (Å²) in [6.45, 7) is 3.92. The summed E-state index contributed by atoms with van der Waals surface area (Å²) in [4.78, 5) is 0. The van der Waals surface area contributed by atoms with Gasteiger partial charge in [0.15, 0.2) is 0 Å². The molecule has 1 unspecified atom stereocenters. The fraction of sp³-hybridized carbons (Fsp3) is 1.00. The SMILES string of the molecule is CC(C)NCC(COCC(F)(F)F)C1CCCC1. The molecule has 1 fully saturated rings. The lowest BCUT2D eigenvalue weighted by Crippen LogP contribution is -2.35. The van der Waals surface area contributed by atoms with Crippen LogP contribution in [0.2, 0.25) is 0 Å². The fourth-order valence-electron chi connectivity index (χ4n) is 2.50. The summed E-state index contributed by atoms with van der Waals surface area (Å²) in [5.41, 5.74) is 0. The third kappa shape index (κ3) is 6.59. The zero-order valence-corrected chi connectivity index (χ0v) is 11.2. The number of ether oxygens (including phenoxy) is 1. The highest BCUT2D eigenvalue weighted by atomic mass is 19.4. The van der Waals surface area contributed by atoms with Gasteiger partial charge in [0.25, 0.3) is 0 Å². The van der Waals surface area contributed by atoms with Gasteiger partial charge in [-0.2, -0.15) is 13.2 Å². The average Bonchev–Trinajstić information content (AvgIpc) is 2.74. The maximum atomic E-state index is 12.1. The van der Waals surface area contributed by atoms with Crippen molar-refractivity contribution in [2.75, 3.05) is 19.8 Å². The van der Waals surface area contributed by atoms with E-state index in [-0.39, 0.29) is 12.5 Å². The highest BCUT2D eigenvalue weighted by molar-refractivity contribution is 4.77. The molecule has 0 radical (unpaired) electrons. The van der Waals surface area contributed by atoms with E-state index in [4.69, 9.17) is 4.74 Å². The van der Waals surface area contributed by atoms with E-state index in [1.807, 2.05) is 13.8 Å². The Bertz CT molecular complexity index is 225. The maximum absolute atomic E-state index is 12.1. The van der Waals surface area contributed by atoms with E-state index >= 15 is 0 Å². The van der Waals surface area contributed by atoms with Crippen LogP contribution in [0.1, 0.15) is 39.5 Å². The van der Waals surface area contributed by atoms with Gasteiger partial charge in [-0.15, -0.1) is 0 Å². The molecule has 0 saturated heterocycles. The summed E-state index contributed by atoms with van der Waals surface area (Å²) < 4.78 is 41.0. The Balaban J connectivity index is 2.34. The molecular formula is C13H24F3NO.